The van der Waals surface area contributed by atoms with Gasteiger partial charge < -0.3 is 19.9 Å². The van der Waals surface area contributed by atoms with Gasteiger partial charge in [-0.15, -0.1) is 0 Å². The summed E-state index contributed by atoms with van der Waals surface area (Å²) < 4.78 is 19.9. The van der Waals surface area contributed by atoms with Crippen molar-refractivity contribution in [3.05, 3.63) is 78.3 Å². The summed E-state index contributed by atoms with van der Waals surface area (Å²) in [7, 11) is 4.07. The van der Waals surface area contributed by atoms with E-state index in [0.717, 1.165) is 72.8 Å². The lowest BCUT2D eigenvalue weighted by Crippen LogP contribution is -2.44. The molecule has 3 aromatic rings. The summed E-state index contributed by atoms with van der Waals surface area (Å²) in [6, 6.07) is 15.3. The van der Waals surface area contributed by atoms with E-state index in [1.807, 2.05) is 31.3 Å². The van der Waals surface area contributed by atoms with Crippen LogP contribution >= 0.6 is 0 Å². The average molecular weight is 475 g/mol. The number of hydrogen-bond acceptors (Lipinski definition) is 5. The van der Waals surface area contributed by atoms with E-state index in [0.29, 0.717) is 17.9 Å². The molecule has 0 aliphatic carbocycles. The Hall–Kier alpha value is -3.22. The number of pyridine rings is 1. The predicted octanol–water partition coefficient (Wildman–Crippen LogP) is 5.53. The van der Waals surface area contributed by atoms with E-state index in [1.165, 1.54) is 6.07 Å². The molecule has 2 heterocycles. The van der Waals surface area contributed by atoms with E-state index in [9.17, 15) is 4.39 Å². The Balaban J connectivity index is 1.50. The standard InChI is InChI=1S/C29H35FN4O/c1-21-19-24(8-10-27(21)30)29-25(7-5-12-32-29)23-9-11-28(31-3)26(20-23)22(2)35-18-6-13-34-16-14-33(4)15-17-34/h5,7-12,19-20,31H,2,6,13-18H2,1,3-4H3. The molecule has 35 heavy (non-hydrogen) atoms. The summed E-state index contributed by atoms with van der Waals surface area (Å²) in [5.41, 5.74) is 6.17. The molecule has 4 rings (SSSR count). The first kappa shape index (κ1) is 24.9. The van der Waals surface area contributed by atoms with Gasteiger partial charge in [-0.1, -0.05) is 18.7 Å². The Morgan fingerprint density at radius 1 is 1.09 bits per heavy atom. The molecule has 1 aromatic heterocycles. The molecule has 1 aliphatic rings. The van der Waals surface area contributed by atoms with Gasteiger partial charge in [-0.2, -0.15) is 0 Å². The number of ether oxygens (including phenoxy) is 1. The second-order valence-electron chi connectivity index (χ2n) is 9.14. The number of rotatable bonds is 9. The monoisotopic (exact) mass is 474 g/mol. The third-order valence-electron chi connectivity index (χ3n) is 6.63. The van der Waals surface area contributed by atoms with Gasteiger partial charge in [0.15, 0.2) is 0 Å². The lowest BCUT2D eigenvalue weighted by Gasteiger charge is -2.32. The number of aromatic nitrogens is 1. The molecule has 0 saturated carbocycles. The quantitative estimate of drug-likeness (QED) is 0.326. The van der Waals surface area contributed by atoms with Crippen LogP contribution in [0.25, 0.3) is 28.1 Å². The zero-order valence-electron chi connectivity index (χ0n) is 21.0. The maximum Gasteiger partial charge on any atom is 0.126 e. The molecule has 184 valence electrons. The summed E-state index contributed by atoms with van der Waals surface area (Å²) in [4.78, 5) is 9.48. The highest BCUT2D eigenvalue weighted by Crippen LogP contribution is 2.35. The second kappa shape index (κ2) is 11.5. The molecule has 6 heteroatoms. The number of piperazine rings is 1. The van der Waals surface area contributed by atoms with E-state index in [2.05, 4.69) is 45.9 Å². The highest BCUT2D eigenvalue weighted by molar-refractivity contribution is 5.84. The zero-order chi connectivity index (χ0) is 24.8. The van der Waals surface area contributed by atoms with E-state index < -0.39 is 0 Å². The van der Waals surface area contributed by atoms with Crippen molar-refractivity contribution in [2.45, 2.75) is 13.3 Å². The van der Waals surface area contributed by atoms with Crippen molar-refractivity contribution in [2.24, 2.45) is 0 Å². The molecule has 0 bridgehead atoms. The van der Waals surface area contributed by atoms with Gasteiger partial charge >= 0.3 is 0 Å². The molecule has 0 radical (unpaired) electrons. The lowest BCUT2D eigenvalue weighted by molar-refractivity contribution is 0.142. The number of nitrogens with zero attached hydrogens (tertiary/aromatic N) is 3. The number of benzene rings is 2. The Morgan fingerprint density at radius 3 is 2.60 bits per heavy atom. The van der Waals surface area contributed by atoms with Crippen molar-refractivity contribution in [2.75, 3.05) is 58.7 Å². The molecule has 5 nitrogen and oxygen atoms in total. The van der Waals surface area contributed by atoms with Crippen LogP contribution in [0.4, 0.5) is 10.1 Å². The molecule has 1 saturated heterocycles. The number of aryl methyl sites for hydroxylation is 1. The van der Waals surface area contributed by atoms with Crippen LogP contribution in [0.5, 0.6) is 0 Å². The summed E-state index contributed by atoms with van der Waals surface area (Å²) in [5.74, 6) is 0.436. The van der Waals surface area contributed by atoms with Crippen LogP contribution in [0.3, 0.4) is 0 Å². The van der Waals surface area contributed by atoms with E-state index in [4.69, 9.17) is 4.74 Å². The van der Waals surface area contributed by atoms with E-state index in [-0.39, 0.29) is 5.82 Å². The topological polar surface area (TPSA) is 40.6 Å². The van der Waals surface area contributed by atoms with Crippen LogP contribution in [-0.2, 0) is 4.74 Å². The number of nitrogens with one attached hydrogen (secondary N) is 1. The third kappa shape index (κ3) is 6.08. The van der Waals surface area contributed by atoms with Crippen LogP contribution in [-0.4, -0.2) is 68.2 Å². The van der Waals surface area contributed by atoms with Crippen LogP contribution in [0.2, 0.25) is 0 Å². The predicted molar refractivity (Wildman–Crippen MR) is 143 cm³/mol. The largest absolute Gasteiger partial charge is 0.493 e. The van der Waals surface area contributed by atoms with Gasteiger partial charge in [0.05, 0.1) is 12.3 Å². The summed E-state index contributed by atoms with van der Waals surface area (Å²) in [5, 5.41) is 3.25. The molecule has 0 spiro atoms. The molecular weight excluding hydrogens is 439 g/mol. The van der Waals surface area contributed by atoms with Crippen molar-refractivity contribution < 1.29 is 9.13 Å². The van der Waals surface area contributed by atoms with Crippen molar-refractivity contribution in [1.29, 1.82) is 0 Å². The summed E-state index contributed by atoms with van der Waals surface area (Å²) in [6.45, 7) is 12.1. The molecule has 2 aromatic carbocycles. The summed E-state index contributed by atoms with van der Waals surface area (Å²) in [6.07, 6.45) is 2.73. The fourth-order valence-corrected chi connectivity index (χ4v) is 4.45. The third-order valence-corrected chi connectivity index (χ3v) is 6.63. The van der Waals surface area contributed by atoms with Crippen molar-refractivity contribution in [1.82, 2.24) is 14.8 Å². The van der Waals surface area contributed by atoms with Crippen LogP contribution in [0, 0.1) is 12.7 Å². The number of hydrogen-bond donors (Lipinski definition) is 1. The molecule has 1 N–H and O–H groups in total. The van der Waals surface area contributed by atoms with Gasteiger partial charge in [0.2, 0.25) is 0 Å². The molecule has 0 amide bonds. The van der Waals surface area contributed by atoms with Crippen molar-refractivity contribution in [3.63, 3.8) is 0 Å². The summed E-state index contributed by atoms with van der Waals surface area (Å²) >= 11 is 0. The SMILES string of the molecule is C=C(OCCCN1CCN(C)CC1)c1cc(-c2cccnc2-c2ccc(F)c(C)c2)ccc1NC. The lowest BCUT2D eigenvalue weighted by atomic mass is 9.96. The van der Waals surface area contributed by atoms with Gasteiger partial charge in [-0.25, -0.2) is 4.39 Å². The average Bonchev–Trinajstić information content (AvgIpc) is 2.88. The van der Waals surface area contributed by atoms with Gasteiger partial charge in [0.1, 0.15) is 11.6 Å². The first-order valence-corrected chi connectivity index (χ1v) is 12.2. The smallest absolute Gasteiger partial charge is 0.126 e. The maximum atomic E-state index is 13.9. The van der Waals surface area contributed by atoms with Crippen LogP contribution in [0.15, 0.2) is 61.3 Å². The zero-order valence-corrected chi connectivity index (χ0v) is 21.0. The Morgan fingerprint density at radius 2 is 1.86 bits per heavy atom. The fourth-order valence-electron chi connectivity index (χ4n) is 4.45. The van der Waals surface area contributed by atoms with E-state index >= 15 is 0 Å². The van der Waals surface area contributed by atoms with Crippen LogP contribution < -0.4 is 5.32 Å². The minimum absolute atomic E-state index is 0.215. The van der Waals surface area contributed by atoms with E-state index in [1.54, 1.807) is 19.2 Å². The van der Waals surface area contributed by atoms with Gasteiger partial charge in [-0.3, -0.25) is 4.98 Å². The number of anilines is 1. The minimum Gasteiger partial charge on any atom is -0.493 e. The maximum absolute atomic E-state index is 13.9. The molecular formula is C29H35FN4O. The molecule has 1 fully saturated rings. The Bertz CT molecular complexity index is 1170. The van der Waals surface area contributed by atoms with Crippen molar-refractivity contribution in [3.8, 4) is 22.4 Å². The van der Waals surface area contributed by atoms with Crippen LogP contribution in [0.1, 0.15) is 17.5 Å². The number of likely N-dealkylation sites (N-methyl/N-ethyl adjacent to an activating group) is 1. The van der Waals surface area contributed by atoms with Gasteiger partial charge in [0, 0.05) is 68.3 Å². The second-order valence-corrected chi connectivity index (χ2v) is 9.14. The Labute approximate surface area is 208 Å². The van der Waals surface area contributed by atoms with Crippen molar-refractivity contribution >= 4 is 11.4 Å². The van der Waals surface area contributed by atoms with Gasteiger partial charge in [-0.05, 0) is 67.9 Å². The normalized spacial score (nSPS) is 14.6. The first-order valence-electron chi connectivity index (χ1n) is 12.2. The molecule has 0 unspecified atom stereocenters. The Kier molecular flexibility index (Phi) is 8.16. The first-order chi connectivity index (χ1) is 17.0. The fraction of sp³-hybridized carbons (Fsp3) is 0.345. The molecule has 1 aliphatic heterocycles. The highest BCUT2D eigenvalue weighted by atomic mass is 19.1. The highest BCUT2D eigenvalue weighted by Gasteiger charge is 2.15. The molecule has 0 atom stereocenters. The number of halogens is 1. The van der Waals surface area contributed by atoms with Gasteiger partial charge in [0.25, 0.3) is 0 Å². The minimum atomic E-state index is -0.215.